The van der Waals surface area contributed by atoms with Gasteiger partial charge in [-0.3, -0.25) is 4.79 Å². The van der Waals surface area contributed by atoms with Crippen molar-refractivity contribution >= 4 is 40.9 Å². The molecule has 0 bridgehead atoms. The van der Waals surface area contributed by atoms with E-state index in [9.17, 15) is 9.59 Å². The average molecular weight is 619 g/mol. The number of nitrogens with zero attached hydrogens (tertiary/aromatic N) is 1. The highest BCUT2D eigenvalue weighted by Gasteiger charge is 2.59. The molecule has 1 saturated heterocycles. The van der Waals surface area contributed by atoms with Crippen LogP contribution in [0.5, 0.6) is 5.75 Å². The van der Waals surface area contributed by atoms with Gasteiger partial charge in [-0.1, -0.05) is 66.7 Å². The smallest absolute Gasteiger partial charge is 0.514 e. The van der Waals surface area contributed by atoms with Crippen LogP contribution in [0.3, 0.4) is 0 Å². The Balaban J connectivity index is 0.00000370. The van der Waals surface area contributed by atoms with Crippen molar-refractivity contribution < 1.29 is 36.0 Å². The Kier molecular flexibility index (Phi) is 9.12. The minimum atomic E-state index is -2.41. The molecule has 0 spiro atoms. The number of hydrogen-bond donors (Lipinski definition) is 0. The standard InChI is InChI=1S/C33H33NO4P.BrH/c1-33(2,3)38-32(36)37-29-22-14-13-21-28(29)34-24-23-30(31(34)35)39(25-15-7-4-8-16-25,26-17-9-5-10-18-26)27-19-11-6-12-20-27;/h4-22,30H,23-24H2,1-3H3;1H/q+1;/p-1. The first kappa shape index (κ1) is 29.5. The van der Waals surface area contributed by atoms with Gasteiger partial charge < -0.3 is 31.4 Å². The van der Waals surface area contributed by atoms with Gasteiger partial charge in [-0.25, -0.2) is 4.79 Å². The van der Waals surface area contributed by atoms with Gasteiger partial charge in [0.2, 0.25) is 0 Å². The van der Waals surface area contributed by atoms with Gasteiger partial charge in [0.1, 0.15) is 28.8 Å². The lowest BCUT2D eigenvalue weighted by atomic mass is 10.2. The zero-order valence-corrected chi connectivity index (χ0v) is 25.3. The van der Waals surface area contributed by atoms with Crippen LogP contribution in [0.2, 0.25) is 0 Å². The molecule has 4 aromatic carbocycles. The summed E-state index contributed by atoms with van der Waals surface area (Å²) in [6.45, 7) is 5.88. The van der Waals surface area contributed by atoms with Crippen molar-refractivity contribution in [3.05, 3.63) is 115 Å². The zero-order chi connectivity index (χ0) is 27.5. The average Bonchev–Trinajstić information content (AvgIpc) is 3.31. The highest BCUT2D eigenvalue weighted by atomic mass is 79.9. The van der Waals surface area contributed by atoms with E-state index in [2.05, 4.69) is 72.8 Å². The van der Waals surface area contributed by atoms with E-state index in [-0.39, 0.29) is 28.5 Å². The molecule has 1 aliphatic heterocycles. The van der Waals surface area contributed by atoms with Crippen molar-refractivity contribution in [3.63, 3.8) is 0 Å². The second-order valence-electron chi connectivity index (χ2n) is 10.6. The predicted molar refractivity (Wildman–Crippen MR) is 159 cm³/mol. The van der Waals surface area contributed by atoms with Crippen LogP contribution in [0.4, 0.5) is 10.5 Å². The first-order valence-electron chi connectivity index (χ1n) is 13.2. The van der Waals surface area contributed by atoms with E-state index in [0.29, 0.717) is 24.4 Å². The minimum absolute atomic E-state index is 0. The fourth-order valence-corrected chi connectivity index (χ4v) is 10.2. The fraction of sp³-hybridized carbons (Fsp3) is 0.212. The second-order valence-corrected chi connectivity index (χ2v) is 14.2. The van der Waals surface area contributed by atoms with E-state index in [1.54, 1.807) is 37.8 Å². The molecule has 1 aliphatic rings. The van der Waals surface area contributed by atoms with Crippen molar-refractivity contribution in [2.75, 3.05) is 11.4 Å². The van der Waals surface area contributed by atoms with Crippen molar-refractivity contribution in [1.29, 1.82) is 0 Å². The number of carbonyl (C=O) groups is 2. The number of ether oxygens (including phenoxy) is 2. The molecule has 1 atom stereocenters. The molecule has 1 unspecified atom stereocenters. The maximum absolute atomic E-state index is 14.5. The molecule has 0 saturated carbocycles. The van der Waals surface area contributed by atoms with Crippen LogP contribution < -0.4 is 42.5 Å². The van der Waals surface area contributed by atoms with E-state index in [0.717, 1.165) is 0 Å². The van der Waals surface area contributed by atoms with Gasteiger partial charge in [-0.15, -0.1) is 0 Å². The molecule has 1 heterocycles. The van der Waals surface area contributed by atoms with Crippen molar-refractivity contribution in [2.24, 2.45) is 0 Å². The molecule has 5 rings (SSSR count). The summed E-state index contributed by atoms with van der Waals surface area (Å²) in [5.74, 6) is 0.337. The normalized spacial score (nSPS) is 15.3. The van der Waals surface area contributed by atoms with Gasteiger partial charge in [-0.2, -0.15) is 0 Å². The molecule has 40 heavy (non-hydrogen) atoms. The highest BCUT2D eigenvalue weighted by Crippen LogP contribution is 2.62. The summed E-state index contributed by atoms with van der Waals surface area (Å²) >= 11 is 0. The Hall–Kier alpha value is -3.47. The van der Waals surface area contributed by atoms with Gasteiger partial charge in [0.05, 0.1) is 5.69 Å². The third-order valence-corrected chi connectivity index (χ3v) is 11.6. The summed E-state index contributed by atoms with van der Waals surface area (Å²) in [5, 5.41) is 3.50. The van der Waals surface area contributed by atoms with E-state index in [4.69, 9.17) is 9.47 Å². The van der Waals surface area contributed by atoms with Crippen LogP contribution in [0, 0.1) is 0 Å². The minimum Gasteiger partial charge on any atom is -1.00 e. The van der Waals surface area contributed by atoms with Crippen molar-refractivity contribution in [2.45, 2.75) is 38.5 Å². The lowest BCUT2D eigenvalue weighted by Crippen LogP contribution is -3.00. The zero-order valence-electron chi connectivity index (χ0n) is 22.9. The van der Waals surface area contributed by atoms with Crippen molar-refractivity contribution in [1.82, 2.24) is 0 Å². The summed E-state index contributed by atoms with van der Waals surface area (Å²) < 4.78 is 11.0. The number of rotatable bonds is 6. The second kappa shape index (κ2) is 12.4. The quantitative estimate of drug-likeness (QED) is 0.190. The summed E-state index contributed by atoms with van der Waals surface area (Å²) in [6.07, 6.45) is -0.121. The Morgan fingerprint density at radius 2 is 1.20 bits per heavy atom. The summed E-state index contributed by atoms with van der Waals surface area (Å²) in [7, 11) is -2.41. The van der Waals surface area contributed by atoms with Crippen LogP contribution in [0.1, 0.15) is 27.2 Å². The lowest BCUT2D eigenvalue weighted by Gasteiger charge is -2.32. The van der Waals surface area contributed by atoms with Crippen LogP contribution in [0.15, 0.2) is 115 Å². The molecule has 1 amide bonds. The van der Waals surface area contributed by atoms with E-state index in [1.807, 2.05) is 30.3 Å². The molecule has 0 aliphatic carbocycles. The van der Waals surface area contributed by atoms with E-state index < -0.39 is 19.0 Å². The lowest BCUT2D eigenvalue weighted by molar-refractivity contribution is -0.116. The monoisotopic (exact) mass is 617 g/mol. The van der Waals surface area contributed by atoms with Gasteiger partial charge >= 0.3 is 6.16 Å². The number of amides is 1. The Morgan fingerprint density at radius 1 is 0.750 bits per heavy atom. The molecule has 0 N–H and O–H groups in total. The number of benzene rings is 4. The molecular weight excluding hydrogens is 585 g/mol. The third-order valence-electron chi connectivity index (χ3n) is 6.87. The molecule has 4 aromatic rings. The summed E-state index contributed by atoms with van der Waals surface area (Å²) in [4.78, 5) is 28.8. The van der Waals surface area contributed by atoms with Gasteiger partial charge in [-0.05, 0) is 69.3 Å². The van der Waals surface area contributed by atoms with Gasteiger partial charge in [0.15, 0.2) is 11.4 Å². The third kappa shape index (κ3) is 5.84. The first-order chi connectivity index (χ1) is 18.8. The summed E-state index contributed by atoms with van der Waals surface area (Å²) in [5.41, 5.74) is -0.395. The molecule has 0 aromatic heterocycles. The van der Waals surface area contributed by atoms with Crippen LogP contribution in [0.25, 0.3) is 0 Å². The Labute approximate surface area is 247 Å². The summed E-state index contributed by atoms with van der Waals surface area (Å²) in [6, 6.07) is 38.5. The molecule has 5 nitrogen and oxygen atoms in total. The number of anilines is 1. The fourth-order valence-electron chi connectivity index (χ4n) is 5.37. The Bertz CT molecular complexity index is 1350. The maximum atomic E-state index is 14.5. The molecule has 1 fully saturated rings. The number of para-hydroxylation sites is 2. The maximum Gasteiger partial charge on any atom is 0.514 e. The largest absolute Gasteiger partial charge is 1.00 e. The van der Waals surface area contributed by atoms with Crippen molar-refractivity contribution in [3.8, 4) is 5.75 Å². The SMILES string of the molecule is CC(C)(C)OC(=O)Oc1ccccc1N1CCC([P+](c2ccccc2)(c2ccccc2)c2ccccc2)C1=O.[Br-]. The van der Waals surface area contributed by atoms with Crippen LogP contribution in [-0.2, 0) is 9.53 Å². The van der Waals surface area contributed by atoms with Crippen LogP contribution in [-0.4, -0.2) is 29.9 Å². The molecular formula is C33H33BrNO4P. The topological polar surface area (TPSA) is 55.8 Å². The van der Waals surface area contributed by atoms with Crippen LogP contribution >= 0.6 is 7.26 Å². The molecule has 206 valence electrons. The number of hydrogen-bond acceptors (Lipinski definition) is 4. The highest BCUT2D eigenvalue weighted by molar-refractivity contribution is 7.97. The molecule has 0 radical (unpaired) electrons. The van der Waals surface area contributed by atoms with E-state index in [1.165, 1.54) is 15.9 Å². The van der Waals surface area contributed by atoms with Gasteiger partial charge in [0, 0.05) is 13.0 Å². The number of halogens is 1. The Morgan fingerprint density at radius 3 is 1.68 bits per heavy atom. The predicted octanol–water partition coefficient (Wildman–Crippen LogP) is 3.10. The number of carbonyl (C=O) groups excluding carboxylic acids is 2. The van der Waals surface area contributed by atoms with E-state index >= 15 is 0 Å². The molecule has 7 heteroatoms. The van der Waals surface area contributed by atoms with Gasteiger partial charge in [0.25, 0.3) is 5.91 Å². The first-order valence-corrected chi connectivity index (χ1v) is 15.0.